The first-order valence-corrected chi connectivity index (χ1v) is 9.25. The van der Waals surface area contributed by atoms with Crippen LogP contribution in [0, 0.1) is 11.7 Å². The summed E-state index contributed by atoms with van der Waals surface area (Å²) in [6, 6.07) is 0.360. The van der Waals surface area contributed by atoms with Gasteiger partial charge >= 0.3 is 5.97 Å². The van der Waals surface area contributed by atoms with E-state index in [1.165, 1.54) is 6.07 Å². The average molecular weight is 370 g/mol. The smallest absolute Gasteiger partial charge is 0.329 e. The molecule has 1 aliphatic rings. The number of carbonyl (C=O) groups is 1. The van der Waals surface area contributed by atoms with E-state index in [-0.39, 0.29) is 12.5 Å². The maximum atomic E-state index is 14.2. The quantitative estimate of drug-likeness (QED) is 0.661. The molecule has 0 aromatic carbocycles. The summed E-state index contributed by atoms with van der Waals surface area (Å²) in [5.41, 5.74) is -0.208. The lowest BCUT2D eigenvalue weighted by Crippen LogP contribution is -2.34. The van der Waals surface area contributed by atoms with Crippen LogP contribution < -0.4 is 5.56 Å². The molecule has 1 aliphatic heterocycles. The van der Waals surface area contributed by atoms with Crippen molar-refractivity contribution in [2.24, 2.45) is 5.92 Å². The number of halogens is 2. The topological polar surface area (TPSA) is 51.5 Å². The molecule has 1 unspecified atom stereocenters. The van der Waals surface area contributed by atoms with Gasteiger partial charge in [-0.2, -0.15) is 0 Å². The van der Waals surface area contributed by atoms with Crippen LogP contribution in [0.2, 0.25) is 0 Å². The van der Waals surface area contributed by atoms with Crippen molar-refractivity contribution in [3.8, 4) is 0 Å². The standard InChI is InChI=1S/C19H28F2N2O3/c1-4-26-19(25)17(9-13(2)3)23-11-14(10-16(21)18(23)24)5-7-22-8-6-15(20)12-22/h10-11,13,15,17H,4-9,12H2,1-3H3/t15-,17?/m1/s1. The van der Waals surface area contributed by atoms with Gasteiger partial charge in [-0.15, -0.1) is 0 Å². The highest BCUT2D eigenvalue weighted by Gasteiger charge is 2.26. The number of ether oxygens (including phenoxy) is 1. The Morgan fingerprint density at radius 1 is 1.42 bits per heavy atom. The van der Waals surface area contributed by atoms with Crippen LogP contribution in [0.15, 0.2) is 17.1 Å². The summed E-state index contributed by atoms with van der Waals surface area (Å²) in [5, 5.41) is 0. The van der Waals surface area contributed by atoms with E-state index in [1.54, 1.807) is 13.1 Å². The van der Waals surface area contributed by atoms with Crippen LogP contribution in [0.3, 0.4) is 0 Å². The Labute approximate surface area is 152 Å². The van der Waals surface area contributed by atoms with E-state index in [9.17, 15) is 18.4 Å². The summed E-state index contributed by atoms with van der Waals surface area (Å²) in [6.45, 7) is 7.41. The van der Waals surface area contributed by atoms with Crippen molar-refractivity contribution in [3.63, 3.8) is 0 Å². The Bertz CT molecular complexity index is 675. The molecule has 5 nitrogen and oxygen atoms in total. The monoisotopic (exact) mass is 370 g/mol. The maximum Gasteiger partial charge on any atom is 0.329 e. The average Bonchev–Trinajstić information content (AvgIpc) is 2.99. The molecule has 0 bridgehead atoms. The molecule has 0 spiro atoms. The third-order valence-electron chi connectivity index (χ3n) is 4.58. The summed E-state index contributed by atoms with van der Waals surface area (Å²) in [6.07, 6.45) is 2.13. The van der Waals surface area contributed by atoms with Crippen LogP contribution in [-0.4, -0.2) is 47.8 Å². The molecule has 1 fully saturated rings. The highest BCUT2D eigenvalue weighted by molar-refractivity contribution is 5.74. The zero-order valence-electron chi connectivity index (χ0n) is 15.7. The van der Waals surface area contributed by atoms with Gasteiger partial charge in [0, 0.05) is 25.8 Å². The van der Waals surface area contributed by atoms with Gasteiger partial charge in [0.25, 0.3) is 5.56 Å². The number of aromatic nitrogens is 1. The fourth-order valence-corrected chi connectivity index (χ4v) is 3.27. The summed E-state index contributed by atoms with van der Waals surface area (Å²) in [4.78, 5) is 26.6. The largest absolute Gasteiger partial charge is 0.464 e. The van der Waals surface area contributed by atoms with Crippen molar-refractivity contribution in [3.05, 3.63) is 34.0 Å². The molecule has 146 valence electrons. The summed E-state index contributed by atoms with van der Waals surface area (Å²) < 4.78 is 33.7. The number of hydrogen-bond acceptors (Lipinski definition) is 4. The number of nitrogens with zero attached hydrogens (tertiary/aromatic N) is 2. The third kappa shape index (κ3) is 5.37. The highest BCUT2D eigenvalue weighted by atomic mass is 19.1. The van der Waals surface area contributed by atoms with Gasteiger partial charge in [0.2, 0.25) is 0 Å². The van der Waals surface area contributed by atoms with E-state index in [0.29, 0.717) is 44.5 Å². The lowest BCUT2D eigenvalue weighted by Gasteiger charge is -2.21. The van der Waals surface area contributed by atoms with Crippen molar-refractivity contribution >= 4 is 5.97 Å². The molecule has 26 heavy (non-hydrogen) atoms. The van der Waals surface area contributed by atoms with Gasteiger partial charge in [-0.1, -0.05) is 13.8 Å². The minimum absolute atomic E-state index is 0.133. The lowest BCUT2D eigenvalue weighted by atomic mass is 10.0. The van der Waals surface area contributed by atoms with Crippen molar-refractivity contribution < 1.29 is 18.3 Å². The van der Waals surface area contributed by atoms with E-state index < -0.39 is 29.6 Å². The zero-order chi connectivity index (χ0) is 19.3. The zero-order valence-corrected chi connectivity index (χ0v) is 15.7. The Morgan fingerprint density at radius 3 is 2.73 bits per heavy atom. The van der Waals surface area contributed by atoms with Gasteiger partial charge in [0.05, 0.1) is 6.61 Å². The van der Waals surface area contributed by atoms with Crippen LogP contribution in [0.4, 0.5) is 8.78 Å². The van der Waals surface area contributed by atoms with E-state index in [2.05, 4.69) is 0 Å². The summed E-state index contributed by atoms with van der Waals surface area (Å²) in [5.74, 6) is -1.28. The Hall–Kier alpha value is -1.76. The van der Waals surface area contributed by atoms with Crippen molar-refractivity contribution in [1.82, 2.24) is 9.47 Å². The molecule has 2 heterocycles. The molecule has 0 amide bonds. The molecule has 7 heteroatoms. The minimum atomic E-state index is -0.884. The predicted molar refractivity (Wildman–Crippen MR) is 95.4 cm³/mol. The van der Waals surface area contributed by atoms with Crippen LogP contribution in [-0.2, 0) is 16.0 Å². The van der Waals surface area contributed by atoms with E-state index in [0.717, 1.165) is 4.57 Å². The van der Waals surface area contributed by atoms with Gasteiger partial charge in [-0.25, -0.2) is 13.6 Å². The van der Waals surface area contributed by atoms with Gasteiger partial charge in [0.1, 0.15) is 12.2 Å². The molecule has 1 aromatic heterocycles. The molecule has 0 N–H and O–H groups in total. The molecular formula is C19H28F2N2O3. The van der Waals surface area contributed by atoms with Crippen molar-refractivity contribution in [2.45, 2.75) is 52.2 Å². The molecule has 0 saturated carbocycles. The van der Waals surface area contributed by atoms with Gasteiger partial charge in [-0.05, 0) is 43.7 Å². The second-order valence-corrected chi connectivity index (χ2v) is 7.24. The molecule has 2 atom stereocenters. The van der Waals surface area contributed by atoms with Crippen LogP contribution in [0.5, 0.6) is 0 Å². The number of rotatable bonds is 8. The first-order valence-electron chi connectivity index (χ1n) is 9.25. The maximum absolute atomic E-state index is 14.2. The first-order chi connectivity index (χ1) is 12.3. The minimum Gasteiger partial charge on any atom is -0.464 e. The fraction of sp³-hybridized carbons (Fsp3) is 0.684. The summed E-state index contributed by atoms with van der Waals surface area (Å²) in [7, 11) is 0. The van der Waals surface area contributed by atoms with E-state index in [1.807, 2.05) is 18.7 Å². The molecule has 1 aromatic rings. The molecular weight excluding hydrogens is 342 g/mol. The predicted octanol–water partition coefficient (Wildman–Crippen LogP) is 2.72. The molecule has 0 radical (unpaired) electrons. The van der Waals surface area contributed by atoms with E-state index >= 15 is 0 Å². The Kier molecular flexibility index (Phi) is 7.32. The van der Waals surface area contributed by atoms with Gasteiger partial charge in [-0.3, -0.25) is 9.36 Å². The SMILES string of the molecule is CCOC(=O)C(CC(C)C)n1cc(CCN2CC[C@@H](F)C2)cc(F)c1=O. The van der Waals surface area contributed by atoms with Gasteiger partial charge < -0.3 is 9.64 Å². The number of pyridine rings is 1. The second kappa shape index (κ2) is 9.26. The number of hydrogen-bond donors (Lipinski definition) is 0. The molecule has 0 aliphatic carbocycles. The van der Waals surface area contributed by atoms with Crippen LogP contribution in [0.25, 0.3) is 0 Å². The first kappa shape index (κ1) is 20.6. The van der Waals surface area contributed by atoms with Crippen LogP contribution in [0.1, 0.15) is 45.2 Å². The number of likely N-dealkylation sites (tertiary alicyclic amines) is 1. The molecule has 1 saturated heterocycles. The van der Waals surface area contributed by atoms with Crippen molar-refractivity contribution in [1.29, 1.82) is 0 Å². The highest BCUT2D eigenvalue weighted by Crippen LogP contribution is 2.19. The molecule has 2 rings (SSSR count). The normalized spacial score (nSPS) is 19.1. The fourth-order valence-electron chi connectivity index (χ4n) is 3.27. The Balaban J connectivity index is 2.23. The number of esters is 1. The van der Waals surface area contributed by atoms with E-state index in [4.69, 9.17) is 4.74 Å². The Morgan fingerprint density at radius 2 is 2.15 bits per heavy atom. The van der Waals surface area contributed by atoms with Crippen molar-refractivity contribution in [2.75, 3.05) is 26.2 Å². The van der Waals surface area contributed by atoms with Crippen LogP contribution >= 0.6 is 0 Å². The number of carbonyl (C=O) groups excluding carboxylic acids is 1. The second-order valence-electron chi connectivity index (χ2n) is 7.24. The number of alkyl halides is 1. The third-order valence-corrected chi connectivity index (χ3v) is 4.58. The van der Waals surface area contributed by atoms with Gasteiger partial charge in [0.15, 0.2) is 5.82 Å². The summed E-state index contributed by atoms with van der Waals surface area (Å²) >= 11 is 0. The lowest BCUT2D eigenvalue weighted by molar-refractivity contribution is -0.147.